The maximum atomic E-state index is 5.34. The summed E-state index contributed by atoms with van der Waals surface area (Å²) in [6.45, 7) is 8.44. The van der Waals surface area contributed by atoms with E-state index < -0.39 is 0 Å². The third kappa shape index (κ3) is 5.22. The summed E-state index contributed by atoms with van der Waals surface area (Å²) < 4.78 is 5.34. The van der Waals surface area contributed by atoms with Gasteiger partial charge in [0.1, 0.15) is 0 Å². The van der Waals surface area contributed by atoms with Crippen molar-refractivity contribution in [1.29, 1.82) is 0 Å². The molecule has 0 atom stereocenters. The molecule has 1 fully saturated rings. The SMILES string of the molecule is CCCCC/C(=C/N1CCOCC1)CC. The van der Waals surface area contributed by atoms with E-state index in [1.165, 1.54) is 32.1 Å². The maximum Gasteiger partial charge on any atom is 0.0642 e. The molecule has 0 aromatic heterocycles. The minimum Gasteiger partial charge on any atom is -0.378 e. The lowest BCUT2D eigenvalue weighted by Gasteiger charge is -2.26. The number of morpholine rings is 1. The molecule has 1 rings (SSSR count). The predicted octanol–water partition coefficient (Wildman–Crippen LogP) is 3.19. The summed E-state index contributed by atoms with van der Waals surface area (Å²) in [5.41, 5.74) is 1.60. The Labute approximate surface area is 94.3 Å². The van der Waals surface area contributed by atoms with E-state index in [-0.39, 0.29) is 0 Å². The van der Waals surface area contributed by atoms with Gasteiger partial charge in [-0.15, -0.1) is 0 Å². The van der Waals surface area contributed by atoms with Crippen molar-refractivity contribution in [2.24, 2.45) is 0 Å². The van der Waals surface area contributed by atoms with Crippen molar-refractivity contribution in [3.63, 3.8) is 0 Å². The number of hydrogen-bond acceptors (Lipinski definition) is 2. The van der Waals surface area contributed by atoms with Crippen LogP contribution < -0.4 is 0 Å². The van der Waals surface area contributed by atoms with E-state index in [4.69, 9.17) is 4.74 Å². The summed E-state index contributed by atoms with van der Waals surface area (Å²) >= 11 is 0. The Kier molecular flexibility index (Phi) is 6.49. The van der Waals surface area contributed by atoms with Gasteiger partial charge < -0.3 is 9.64 Å². The minimum absolute atomic E-state index is 0.891. The van der Waals surface area contributed by atoms with Gasteiger partial charge in [0, 0.05) is 13.1 Å². The van der Waals surface area contributed by atoms with Crippen LogP contribution >= 0.6 is 0 Å². The van der Waals surface area contributed by atoms with Gasteiger partial charge in [0.15, 0.2) is 0 Å². The molecule has 2 nitrogen and oxygen atoms in total. The van der Waals surface area contributed by atoms with E-state index in [1.54, 1.807) is 5.57 Å². The van der Waals surface area contributed by atoms with Gasteiger partial charge in [0.25, 0.3) is 0 Å². The Morgan fingerprint density at radius 2 is 1.93 bits per heavy atom. The molecule has 0 aliphatic carbocycles. The lowest BCUT2D eigenvalue weighted by molar-refractivity contribution is 0.0589. The van der Waals surface area contributed by atoms with Gasteiger partial charge >= 0.3 is 0 Å². The fourth-order valence-electron chi connectivity index (χ4n) is 1.90. The molecule has 0 radical (unpaired) electrons. The zero-order valence-corrected chi connectivity index (χ0v) is 10.3. The Hall–Kier alpha value is -0.500. The summed E-state index contributed by atoms with van der Waals surface area (Å²) in [6.07, 6.45) is 8.87. The quantitative estimate of drug-likeness (QED) is 0.626. The second kappa shape index (κ2) is 7.75. The number of unbranched alkanes of at least 4 members (excludes halogenated alkanes) is 2. The molecule has 0 amide bonds. The van der Waals surface area contributed by atoms with Crippen molar-refractivity contribution in [2.45, 2.75) is 46.0 Å². The van der Waals surface area contributed by atoms with Gasteiger partial charge in [-0.2, -0.15) is 0 Å². The molecule has 15 heavy (non-hydrogen) atoms. The molecular weight excluding hydrogens is 186 g/mol. The average molecular weight is 211 g/mol. The van der Waals surface area contributed by atoms with Crippen LogP contribution in [0.1, 0.15) is 46.0 Å². The topological polar surface area (TPSA) is 12.5 Å². The van der Waals surface area contributed by atoms with Crippen molar-refractivity contribution in [3.8, 4) is 0 Å². The van der Waals surface area contributed by atoms with Crippen molar-refractivity contribution in [3.05, 3.63) is 11.8 Å². The summed E-state index contributed by atoms with van der Waals surface area (Å²) in [7, 11) is 0. The molecule has 0 N–H and O–H groups in total. The minimum atomic E-state index is 0.891. The van der Waals surface area contributed by atoms with Crippen LogP contribution in [0.3, 0.4) is 0 Å². The molecule has 1 aliphatic heterocycles. The first-order valence-corrected chi connectivity index (χ1v) is 6.38. The van der Waals surface area contributed by atoms with Gasteiger partial charge in [-0.1, -0.05) is 32.3 Å². The Balaban J connectivity index is 2.30. The number of hydrogen-bond donors (Lipinski definition) is 0. The van der Waals surface area contributed by atoms with Crippen LogP contribution in [0.5, 0.6) is 0 Å². The zero-order chi connectivity index (χ0) is 10.9. The molecule has 2 heteroatoms. The van der Waals surface area contributed by atoms with Crippen LogP contribution in [0.15, 0.2) is 11.8 Å². The van der Waals surface area contributed by atoms with E-state index in [2.05, 4.69) is 24.9 Å². The lowest BCUT2D eigenvalue weighted by Crippen LogP contribution is -2.32. The highest BCUT2D eigenvalue weighted by Crippen LogP contribution is 2.14. The largest absolute Gasteiger partial charge is 0.378 e. The molecule has 0 aromatic carbocycles. The van der Waals surface area contributed by atoms with Crippen LogP contribution in [0, 0.1) is 0 Å². The lowest BCUT2D eigenvalue weighted by atomic mass is 10.1. The van der Waals surface area contributed by atoms with Crippen LogP contribution in [0.4, 0.5) is 0 Å². The summed E-state index contributed by atoms with van der Waals surface area (Å²) in [6, 6.07) is 0. The summed E-state index contributed by atoms with van der Waals surface area (Å²) in [5, 5.41) is 0. The number of allylic oxidation sites excluding steroid dienone is 1. The Morgan fingerprint density at radius 3 is 2.53 bits per heavy atom. The second-order valence-electron chi connectivity index (χ2n) is 4.25. The van der Waals surface area contributed by atoms with Gasteiger partial charge in [-0.3, -0.25) is 0 Å². The highest BCUT2D eigenvalue weighted by Gasteiger charge is 2.07. The van der Waals surface area contributed by atoms with Crippen LogP contribution in [0.2, 0.25) is 0 Å². The summed E-state index contributed by atoms with van der Waals surface area (Å²) in [4.78, 5) is 2.41. The van der Waals surface area contributed by atoms with E-state index >= 15 is 0 Å². The van der Waals surface area contributed by atoms with Crippen LogP contribution in [0.25, 0.3) is 0 Å². The first-order valence-electron chi connectivity index (χ1n) is 6.38. The third-order valence-corrected chi connectivity index (χ3v) is 2.97. The molecule has 0 saturated carbocycles. The first-order chi connectivity index (χ1) is 7.36. The molecule has 0 bridgehead atoms. The van der Waals surface area contributed by atoms with Gasteiger partial charge in [0.2, 0.25) is 0 Å². The molecule has 0 unspecified atom stereocenters. The predicted molar refractivity (Wildman–Crippen MR) is 64.9 cm³/mol. The third-order valence-electron chi connectivity index (χ3n) is 2.97. The first kappa shape index (κ1) is 12.6. The van der Waals surface area contributed by atoms with Crippen LogP contribution in [-0.4, -0.2) is 31.2 Å². The Morgan fingerprint density at radius 1 is 1.20 bits per heavy atom. The molecule has 1 heterocycles. The molecule has 0 aromatic rings. The monoisotopic (exact) mass is 211 g/mol. The zero-order valence-electron chi connectivity index (χ0n) is 10.3. The van der Waals surface area contributed by atoms with E-state index in [1.807, 2.05) is 0 Å². The normalized spacial score (nSPS) is 18.3. The van der Waals surface area contributed by atoms with Crippen LogP contribution in [-0.2, 0) is 4.74 Å². The highest BCUT2D eigenvalue weighted by atomic mass is 16.5. The van der Waals surface area contributed by atoms with Gasteiger partial charge in [0.05, 0.1) is 13.2 Å². The molecular formula is C13H25NO. The summed E-state index contributed by atoms with van der Waals surface area (Å²) in [5.74, 6) is 0. The molecule has 88 valence electrons. The fraction of sp³-hybridized carbons (Fsp3) is 0.846. The van der Waals surface area contributed by atoms with Gasteiger partial charge in [-0.25, -0.2) is 0 Å². The second-order valence-corrected chi connectivity index (χ2v) is 4.25. The molecule has 1 aliphatic rings. The van der Waals surface area contributed by atoms with Crippen molar-refractivity contribution >= 4 is 0 Å². The van der Waals surface area contributed by atoms with Crippen molar-refractivity contribution in [2.75, 3.05) is 26.3 Å². The van der Waals surface area contributed by atoms with Crippen molar-refractivity contribution < 1.29 is 4.74 Å². The number of ether oxygens (including phenoxy) is 1. The van der Waals surface area contributed by atoms with E-state index in [0.29, 0.717) is 0 Å². The average Bonchev–Trinajstić information content (AvgIpc) is 2.29. The smallest absolute Gasteiger partial charge is 0.0642 e. The van der Waals surface area contributed by atoms with Gasteiger partial charge in [-0.05, 0) is 25.5 Å². The van der Waals surface area contributed by atoms with E-state index in [9.17, 15) is 0 Å². The molecule has 0 spiro atoms. The maximum absolute atomic E-state index is 5.34. The fourth-order valence-corrected chi connectivity index (χ4v) is 1.90. The number of rotatable bonds is 6. The molecule has 1 saturated heterocycles. The highest BCUT2D eigenvalue weighted by molar-refractivity contribution is 5.01. The van der Waals surface area contributed by atoms with Crippen molar-refractivity contribution in [1.82, 2.24) is 4.90 Å². The van der Waals surface area contributed by atoms with E-state index in [0.717, 1.165) is 26.3 Å². The Bertz CT molecular complexity index is 183. The standard InChI is InChI=1S/C13H25NO/c1-3-5-6-7-13(4-2)12-14-8-10-15-11-9-14/h12H,3-11H2,1-2H3/b13-12+. The number of nitrogens with zero attached hydrogens (tertiary/aromatic N) is 1.